The van der Waals surface area contributed by atoms with E-state index in [1.165, 1.54) is 17.2 Å². The Morgan fingerprint density at radius 1 is 1.29 bits per heavy atom. The molecular formula is C11H11F2N3O. The van der Waals surface area contributed by atoms with Gasteiger partial charge in [0.25, 0.3) is 6.01 Å². The fourth-order valence-electron chi connectivity index (χ4n) is 1.59. The van der Waals surface area contributed by atoms with E-state index < -0.39 is 11.6 Å². The Labute approximate surface area is 96.7 Å². The average molecular weight is 239 g/mol. The number of oxazole rings is 1. The summed E-state index contributed by atoms with van der Waals surface area (Å²) < 4.78 is 32.0. The molecule has 0 aliphatic heterocycles. The highest BCUT2D eigenvalue weighted by Crippen LogP contribution is 2.34. The number of hydrogen-bond donors (Lipinski definition) is 1. The third kappa shape index (κ3) is 1.93. The molecule has 1 aromatic carbocycles. The predicted molar refractivity (Wildman–Crippen MR) is 60.6 cm³/mol. The van der Waals surface area contributed by atoms with Gasteiger partial charge in [-0.2, -0.15) is 0 Å². The van der Waals surface area contributed by atoms with Gasteiger partial charge in [-0.25, -0.2) is 13.8 Å². The van der Waals surface area contributed by atoms with Crippen molar-refractivity contribution in [2.45, 2.75) is 0 Å². The van der Waals surface area contributed by atoms with Gasteiger partial charge in [0, 0.05) is 19.7 Å². The summed E-state index contributed by atoms with van der Waals surface area (Å²) in [5.41, 5.74) is 5.85. The van der Waals surface area contributed by atoms with E-state index >= 15 is 0 Å². The SMILES string of the molecule is CN(C)c1c(-c2cnc(N)o2)ccc(F)c1F. The van der Waals surface area contributed by atoms with Crippen molar-refractivity contribution in [3.05, 3.63) is 30.0 Å². The second-order valence-corrected chi connectivity index (χ2v) is 3.71. The van der Waals surface area contributed by atoms with Crippen molar-refractivity contribution in [1.82, 2.24) is 4.98 Å². The Hall–Kier alpha value is -2.11. The molecule has 90 valence electrons. The molecule has 0 spiro atoms. The summed E-state index contributed by atoms with van der Waals surface area (Å²) >= 11 is 0. The number of halogens is 2. The van der Waals surface area contributed by atoms with E-state index in [-0.39, 0.29) is 11.7 Å². The topological polar surface area (TPSA) is 55.3 Å². The Kier molecular flexibility index (Phi) is 2.71. The van der Waals surface area contributed by atoms with Crippen molar-refractivity contribution in [2.24, 2.45) is 0 Å². The van der Waals surface area contributed by atoms with Gasteiger partial charge < -0.3 is 15.1 Å². The van der Waals surface area contributed by atoms with Crippen LogP contribution in [-0.2, 0) is 0 Å². The summed E-state index contributed by atoms with van der Waals surface area (Å²) in [6, 6.07) is 2.44. The third-order valence-electron chi connectivity index (χ3n) is 2.31. The number of nitrogens with zero attached hydrogens (tertiary/aromatic N) is 2. The quantitative estimate of drug-likeness (QED) is 0.873. The normalized spacial score (nSPS) is 10.6. The van der Waals surface area contributed by atoms with Gasteiger partial charge in [0.1, 0.15) is 0 Å². The lowest BCUT2D eigenvalue weighted by Gasteiger charge is -2.17. The van der Waals surface area contributed by atoms with Crippen LogP contribution in [0, 0.1) is 11.6 Å². The molecule has 0 bridgehead atoms. The number of nitrogens with two attached hydrogens (primary N) is 1. The summed E-state index contributed by atoms with van der Waals surface area (Å²) in [5.74, 6) is -1.54. The summed E-state index contributed by atoms with van der Waals surface area (Å²) in [4.78, 5) is 5.19. The Balaban J connectivity index is 2.65. The van der Waals surface area contributed by atoms with Crippen LogP contribution in [0.15, 0.2) is 22.7 Å². The lowest BCUT2D eigenvalue weighted by atomic mass is 10.1. The minimum absolute atomic E-state index is 0.0190. The van der Waals surface area contributed by atoms with Gasteiger partial charge in [0.15, 0.2) is 17.4 Å². The highest BCUT2D eigenvalue weighted by molar-refractivity contribution is 5.75. The van der Waals surface area contributed by atoms with Crippen LogP contribution in [0.25, 0.3) is 11.3 Å². The van der Waals surface area contributed by atoms with Crippen molar-refractivity contribution in [3.63, 3.8) is 0 Å². The first-order valence-electron chi connectivity index (χ1n) is 4.87. The molecule has 2 N–H and O–H groups in total. The molecule has 17 heavy (non-hydrogen) atoms. The molecular weight excluding hydrogens is 228 g/mol. The molecule has 2 rings (SSSR count). The molecule has 1 heterocycles. The van der Waals surface area contributed by atoms with Gasteiger partial charge in [-0.3, -0.25) is 0 Å². The lowest BCUT2D eigenvalue weighted by molar-refractivity contribution is 0.508. The molecule has 0 aliphatic rings. The Morgan fingerprint density at radius 3 is 2.53 bits per heavy atom. The van der Waals surface area contributed by atoms with Gasteiger partial charge in [-0.05, 0) is 12.1 Å². The largest absolute Gasteiger partial charge is 0.424 e. The molecule has 6 heteroatoms. The first-order valence-corrected chi connectivity index (χ1v) is 4.87. The Bertz CT molecular complexity index is 552. The molecule has 0 saturated carbocycles. The third-order valence-corrected chi connectivity index (χ3v) is 2.31. The van der Waals surface area contributed by atoms with Crippen LogP contribution in [-0.4, -0.2) is 19.1 Å². The number of hydrogen-bond acceptors (Lipinski definition) is 4. The van der Waals surface area contributed by atoms with Crippen molar-refractivity contribution >= 4 is 11.7 Å². The molecule has 2 aromatic rings. The maximum absolute atomic E-state index is 13.7. The predicted octanol–water partition coefficient (Wildman–Crippen LogP) is 2.27. The molecule has 1 aromatic heterocycles. The van der Waals surface area contributed by atoms with E-state index in [0.717, 1.165) is 6.07 Å². The van der Waals surface area contributed by atoms with Gasteiger partial charge >= 0.3 is 0 Å². The van der Waals surface area contributed by atoms with E-state index in [0.29, 0.717) is 11.3 Å². The second-order valence-electron chi connectivity index (χ2n) is 3.71. The van der Waals surface area contributed by atoms with Gasteiger partial charge in [-0.1, -0.05) is 0 Å². The highest BCUT2D eigenvalue weighted by atomic mass is 19.2. The van der Waals surface area contributed by atoms with Crippen LogP contribution in [0.4, 0.5) is 20.5 Å². The van der Waals surface area contributed by atoms with E-state index in [2.05, 4.69) is 4.98 Å². The minimum atomic E-state index is -0.928. The Morgan fingerprint density at radius 2 is 2.00 bits per heavy atom. The van der Waals surface area contributed by atoms with Crippen molar-refractivity contribution in [2.75, 3.05) is 24.7 Å². The molecule has 0 aliphatic carbocycles. The summed E-state index contributed by atoms with van der Waals surface area (Å²) in [5, 5.41) is 0. The zero-order valence-corrected chi connectivity index (χ0v) is 9.37. The first-order chi connectivity index (χ1) is 8.00. The van der Waals surface area contributed by atoms with Crippen LogP contribution in [0.1, 0.15) is 0 Å². The minimum Gasteiger partial charge on any atom is -0.424 e. The maximum atomic E-state index is 13.7. The number of rotatable bonds is 2. The van der Waals surface area contributed by atoms with Crippen LogP contribution in [0.5, 0.6) is 0 Å². The lowest BCUT2D eigenvalue weighted by Crippen LogP contribution is -2.13. The van der Waals surface area contributed by atoms with Gasteiger partial charge in [0.2, 0.25) is 0 Å². The second kappa shape index (κ2) is 4.04. The van der Waals surface area contributed by atoms with Gasteiger partial charge in [0.05, 0.1) is 11.9 Å². The monoisotopic (exact) mass is 239 g/mol. The van der Waals surface area contributed by atoms with Crippen LogP contribution < -0.4 is 10.6 Å². The van der Waals surface area contributed by atoms with E-state index in [4.69, 9.17) is 10.2 Å². The fourth-order valence-corrected chi connectivity index (χ4v) is 1.59. The van der Waals surface area contributed by atoms with Crippen molar-refractivity contribution < 1.29 is 13.2 Å². The van der Waals surface area contributed by atoms with E-state index in [1.807, 2.05) is 0 Å². The molecule has 0 amide bonds. The highest BCUT2D eigenvalue weighted by Gasteiger charge is 2.18. The summed E-state index contributed by atoms with van der Waals surface area (Å²) in [6.07, 6.45) is 1.37. The molecule has 0 radical (unpaired) electrons. The zero-order chi connectivity index (χ0) is 12.6. The van der Waals surface area contributed by atoms with Crippen molar-refractivity contribution in [1.29, 1.82) is 0 Å². The number of aromatic nitrogens is 1. The van der Waals surface area contributed by atoms with E-state index in [1.54, 1.807) is 14.1 Å². The van der Waals surface area contributed by atoms with Crippen LogP contribution >= 0.6 is 0 Å². The standard InChI is InChI=1S/C11H11F2N3O/c1-16(2)10-6(3-4-7(12)9(10)13)8-5-15-11(14)17-8/h3-5H,1-2H3,(H2,14,15). The van der Waals surface area contributed by atoms with Crippen molar-refractivity contribution in [3.8, 4) is 11.3 Å². The molecule has 0 atom stereocenters. The number of anilines is 2. The summed E-state index contributed by atoms with van der Waals surface area (Å²) in [6.45, 7) is 0. The molecule has 0 fully saturated rings. The van der Waals surface area contributed by atoms with E-state index in [9.17, 15) is 8.78 Å². The first kappa shape index (κ1) is 11.4. The molecule has 0 saturated heterocycles. The summed E-state index contributed by atoms with van der Waals surface area (Å²) in [7, 11) is 3.22. The number of benzene rings is 1. The number of nitrogen functional groups attached to an aromatic ring is 1. The van der Waals surface area contributed by atoms with Crippen LogP contribution in [0.3, 0.4) is 0 Å². The fraction of sp³-hybridized carbons (Fsp3) is 0.182. The zero-order valence-electron chi connectivity index (χ0n) is 9.37. The smallest absolute Gasteiger partial charge is 0.292 e. The van der Waals surface area contributed by atoms with Gasteiger partial charge in [-0.15, -0.1) is 0 Å². The average Bonchev–Trinajstić information content (AvgIpc) is 2.68. The molecule has 0 unspecified atom stereocenters. The maximum Gasteiger partial charge on any atom is 0.292 e. The molecule has 4 nitrogen and oxygen atoms in total. The van der Waals surface area contributed by atoms with Crippen LogP contribution in [0.2, 0.25) is 0 Å².